The summed E-state index contributed by atoms with van der Waals surface area (Å²) in [6.07, 6.45) is 0.357. The second-order valence-electron chi connectivity index (χ2n) is 6.06. The third-order valence-corrected chi connectivity index (χ3v) is 5.20. The van der Waals surface area contributed by atoms with Crippen molar-refractivity contribution < 1.29 is 23.6 Å². The third-order valence-electron chi connectivity index (χ3n) is 3.34. The van der Waals surface area contributed by atoms with Crippen LogP contribution in [0, 0.1) is 5.92 Å². The van der Waals surface area contributed by atoms with Gasteiger partial charge in [-0.15, -0.1) is 0 Å². The van der Waals surface area contributed by atoms with Crippen LogP contribution in [-0.2, 0) is 13.9 Å². The molecule has 0 heterocycles. The van der Waals surface area contributed by atoms with Gasteiger partial charge in [-0.1, -0.05) is 36.7 Å². The number of carbonyl (C=O) groups excluding carboxylic acids is 2. The molecule has 0 saturated carbocycles. The number of halogens is 1. The van der Waals surface area contributed by atoms with Gasteiger partial charge in [0.25, 0.3) is 0 Å². The molecule has 0 radical (unpaired) electrons. The quantitative estimate of drug-likeness (QED) is 0.340. The molecule has 1 unspecified atom stereocenters. The minimum absolute atomic E-state index is 0.0495. The van der Waals surface area contributed by atoms with Crippen LogP contribution in [0.4, 0.5) is 10.5 Å². The van der Waals surface area contributed by atoms with Crippen molar-refractivity contribution in [1.82, 2.24) is 10.6 Å². The fraction of sp³-hybridized carbons (Fsp3) is 0.500. The van der Waals surface area contributed by atoms with Gasteiger partial charge in [-0.25, -0.2) is 4.79 Å². The molecular formula is C16H25BrN3O5P. The van der Waals surface area contributed by atoms with E-state index in [4.69, 9.17) is 4.52 Å². The van der Waals surface area contributed by atoms with Crippen molar-refractivity contribution in [3.8, 4) is 0 Å². The van der Waals surface area contributed by atoms with E-state index in [0.717, 1.165) is 4.47 Å². The van der Waals surface area contributed by atoms with Crippen LogP contribution in [0.5, 0.6) is 0 Å². The van der Waals surface area contributed by atoms with Gasteiger partial charge >= 0.3 is 13.6 Å². The van der Waals surface area contributed by atoms with E-state index in [1.54, 1.807) is 24.3 Å². The van der Waals surface area contributed by atoms with E-state index in [1.807, 2.05) is 13.8 Å². The number of nitrogens with one attached hydrogen (secondary N) is 3. The van der Waals surface area contributed by atoms with Crippen LogP contribution in [0.15, 0.2) is 28.7 Å². The molecule has 0 aliphatic carbocycles. The first-order chi connectivity index (χ1) is 12.1. The standard InChI is InChI=1S/C16H25BrN3O5P/c1-4-26(23,24)25-10-18-15(21)14(9-11(2)3)20-16(22)19-13-7-5-12(17)6-8-13/h5-8,11,14H,4,9-10H2,1-3H3,(H,18,21)(H,23,24)(H2,19,20,22)/t14-/m0/s1. The second-order valence-corrected chi connectivity index (χ2v) is 9.14. The molecule has 0 aliphatic rings. The van der Waals surface area contributed by atoms with Gasteiger partial charge in [-0.2, -0.15) is 0 Å². The van der Waals surface area contributed by atoms with Crippen LogP contribution < -0.4 is 16.0 Å². The molecule has 0 aliphatic heterocycles. The Labute approximate surface area is 161 Å². The summed E-state index contributed by atoms with van der Waals surface area (Å²) in [5.74, 6) is -0.333. The number of anilines is 1. The van der Waals surface area contributed by atoms with Crippen molar-refractivity contribution in [3.05, 3.63) is 28.7 Å². The highest BCUT2D eigenvalue weighted by Gasteiger charge is 2.23. The van der Waals surface area contributed by atoms with Gasteiger partial charge in [-0.05, 0) is 36.6 Å². The zero-order valence-corrected chi connectivity index (χ0v) is 17.5. The van der Waals surface area contributed by atoms with Gasteiger partial charge in [0.2, 0.25) is 5.91 Å². The van der Waals surface area contributed by atoms with Gasteiger partial charge in [0.15, 0.2) is 0 Å². The third kappa shape index (κ3) is 8.80. The molecule has 146 valence electrons. The number of hydrogen-bond acceptors (Lipinski definition) is 4. The molecule has 26 heavy (non-hydrogen) atoms. The number of benzene rings is 1. The average Bonchev–Trinajstić information content (AvgIpc) is 2.55. The lowest BCUT2D eigenvalue weighted by atomic mass is 10.0. The molecule has 3 amide bonds. The van der Waals surface area contributed by atoms with Crippen molar-refractivity contribution in [2.75, 3.05) is 18.2 Å². The number of hydrogen-bond donors (Lipinski definition) is 4. The van der Waals surface area contributed by atoms with Gasteiger partial charge in [0.1, 0.15) is 12.8 Å². The van der Waals surface area contributed by atoms with Gasteiger partial charge < -0.3 is 20.8 Å². The fourth-order valence-electron chi connectivity index (χ4n) is 1.98. The molecule has 0 fully saturated rings. The Kier molecular flexibility index (Phi) is 9.29. The number of amides is 3. The Balaban J connectivity index is 2.61. The molecule has 10 heteroatoms. The topological polar surface area (TPSA) is 117 Å². The average molecular weight is 450 g/mol. The highest BCUT2D eigenvalue weighted by atomic mass is 79.9. The highest BCUT2D eigenvalue weighted by molar-refractivity contribution is 9.10. The SMILES string of the molecule is CCP(=O)(O)OCNC(=O)[C@H](CC(C)C)NC(=O)Nc1ccc(Br)cc1. The maximum absolute atomic E-state index is 12.3. The first-order valence-corrected chi connectivity index (χ1v) is 10.8. The summed E-state index contributed by atoms with van der Waals surface area (Å²) >= 11 is 3.31. The fourth-order valence-corrected chi connectivity index (χ4v) is 2.69. The van der Waals surface area contributed by atoms with E-state index in [-0.39, 0.29) is 12.1 Å². The van der Waals surface area contributed by atoms with Crippen LogP contribution in [0.2, 0.25) is 0 Å². The maximum Gasteiger partial charge on any atom is 0.329 e. The molecule has 1 rings (SSSR count). The lowest BCUT2D eigenvalue weighted by Crippen LogP contribution is -2.49. The van der Waals surface area contributed by atoms with Crippen molar-refractivity contribution in [2.24, 2.45) is 5.92 Å². The number of carbonyl (C=O) groups is 2. The summed E-state index contributed by atoms with van der Waals surface area (Å²) in [5, 5.41) is 7.68. The van der Waals surface area contributed by atoms with Gasteiger partial charge in [0.05, 0.1) is 0 Å². The predicted molar refractivity (Wildman–Crippen MR) is 104 cm³/mol. The van der Waals surface area contributed by atoms with E-state index in [2.05, 4.69) is 31.9 Å². The van der Waals surface area contributed by atoms with E-state index < -0.39 is 32.3 Å². The van der Waals surface area contributed by atoms with Crippen LogP contribution in [0.25, 0.3) is 0 Å². The summed E-state index contributed by atoms with van der Waals surface area (Å²) in [6, 6.07) is 5.69. The Hall–Kier alpha value is -1.41. The van der Waals surface area contributed by atoms with E-state index in [0.29, 0.717) is 12.1 Å². The Morgan fingerprint density at radius 3 is 2.42 bits per heavy atom. The van der Waals surface area contributed by atoms with E-state index in [1.165, 1.54) is 6.92 Å². The van der Waals surface area contributed by atoms with E-state index >= 15 is 0 Å². The largest absolute Gasteiger partial charge is 0.331 e. The summed E-state index contributed by atoms with van der Waals surface area (Å²) in [7, 11) is -3.68. The molecular weight excluding hydrogens is 425 g/mol. The summed E-state index contributed by atoms with van der Waals surface area (Å²) in [4.78, 5) is 33.8. The molecule has 1 aromatic rings. The van der Waals surface area contributed by atoms with Crippen LogP contribution in [0.1, 0.15) is 27.2 Å². The first-order valence-electron chi connectivity index (χ1n) is 8.20. The molecule has 4 N–H and O–H groups in total. The van der Waals surface area contributed by atoms with Crippen molar-refractivity contribution >= 4 is 41.2 Å². The van der Waals surface area contributed by atoms with Crippen molar-refractivity contribution in [2.45, 2.75) is 33.2 Å². The molecule has 0 spiro atoms. The maximum atomic E-state index is 12.3. The van der Waals surface area contributed by atoms with Crippen LogP contribution in [-0.4, -0.2) is 35.8 Å². The van der Waals surface area contributed by atoms with Crippen LogP contribution >= 0.6 is 23.5 Å². The Bertz CT molecular complexity index is 654. The second kappa shape index (κ2) is 10.7. The van der Waals surface area contributed by atoms with Crippen LogP contribution in [0.3, 0.4) is 0 Å². The Morgan fingerprint density at radius 2 is 1.88 bits per heavy atom. The van der Waals surface area contributed by atoms with Crippen molar-refractivity contribution in [1.29, 1.82) is 0 Å². The molecule has 0 saturated heterocycles. The monoisotopic (exact) mass is 449 g/mol. The molecule has 0 bridgehead atoms. The molecule has 1 aromatic carbocycles. The summed E-state index contributed by atoms with van der Waals surface area (Å²) in [5.41, 5.74) is 0.585. The van der Waals surface area contributed by atoms with Gasteiger partial charge in [-0.3, -0.25) is 13.9 Å². The lowest BCUT2D eigenvalue weighted by Gasteiger charge is -2.21. The Morgan fingerprint density at radius 1 is 1.27 bits per heavy atom. The smallest absolute Gasteiger partial charge is 0.329 e. The normalized spacial score (nSPS) is 14.4. The zero-order valence-electron chi connectivity index (χ0n) is 15.0. The minimum atomic E-state index is -3.68. The molecule has 0 aromatic heterocycles. The molecule has 8 nitrogen and oxygen atoms in total. The highest BCUT2D eigenvalue weighted by Crippen LogP contribution is 2.40. The first kappa shape index (κ1) is 22.6. The number of urea groups is 1. The zero-order chi connectivity index (χ0) is 19.7. The van der Waals surface area contributed by atoms with E-state index in [9.17, 15) is 19.0 Å². The predicted octanol–water partition coefficient (Wildman–Crippen LogP) is 3.28. The van der Waals surface area contributed by atoms with Crippen molar-refractivity contribution in [3.63, 3.8) is 0 Å². The summed E-state index contributed by atoms with van der Waals surface area (Å²) < 4.78 is 17.1. The van der Waals surface area contributed by atoms with Gasteiger partial charge in [0, 0.05) is 16.3 Å². The number of rotatable bonds is 9. The summed E-state index contributed by atoms with van der Waals surface area (Å²) in [6.45, 7) is 4.96. The minimum Gasteiger partial charge on any atom is -0.331 e. The molecule has 2 atom stereocenters. The lowest BCUT2D eigenvalue weighted by molar-refractivity contribution is -0.124.